The number of benzene rings is 1. The van der Waals surface area contributed by atoms with Crippen LogP contribution < -0.4 is 5.32 Å². The summed E-state index contributed by atoms with van der Waals surface area (Å²) in [6.07, 6.45) is -7.21. The van der Waals surface area contributed by atoms with Crippen LogP contribution in [0, 0.1) is 0 Å². The van der Waals surface area contributed by atoms with E-state index in [0.29, 0.717) is 27.1 Å². The van der Waals surface area contributed by atoms with Crippen molar-refractivity contribution in [2.45, 2.75) is 25.5 Å². The van der Waals surface area contributed by atoms with E-state index < -0.39 is 29.4 Å². The van der Waals surface area contributed by atoms with E-state index in [2.05, 4.69) is 20.3 Å². The van der Waals surface area contributed by atoms with Crippen LogP contribution in [0.15, 0.2) is 54.9 Å². The van der Waals surface area contributed by atoms with Gasteiger partial charge in [-0.1, -0.05) is 23.5 Å². The van der Waals surface area contributed by atoms with Gasteiger partial charge in [0.15, 0.2) is 0 Å². The van der Waals surface area contributed by atoms with Crippen LogP contribution in [0.1, 0.15) is 32.2 Å². The number of amides is 1. The first-order valence-corrected chi connectivity index (χ1v) is 11.6. The highest BCUT2D eigenvalue weighted by Gasteiger charge is 2.32. The molecule has 4 aromatic heterocycles. The van der Waals surface area contributed by atoms with Crippen molar-refractivity contribution in [3.63, 3.8) is 0 Å². The number of aromatic nitrogens is 4. The van der Waals surface area contributed by atoms with Gasteiger partial charge in [-0.3, -0.25) is 4.79 Å². The van der Waals surface area contributed by atoms with Gasteiger partial charge in [0.25, 0.3) is 5.91 Å². The average molecular weight is 551 g/mol. The second kappa shape index (κ2) is 9.36. The van der Waals surface area contributed by atoms with Crippen LogP contribution >= 0.6 is 11.3 Å². The number of carbonyl (C=O) groups excluding carboxylic acids is 1. The first kappa shape index (κ1) is 25.6. The van der Waals surface area contributed by atoms with Crippen LogP contribution in [0.25, 0.3) is 21.4 Å². The van der Waals surface area contributed by atoms with Gasteiger partial charge < -0.3 is 15.0 Å². The van der Waals surface area contributed by atoms with Gasteiger partial charge in [0.05, 0.1) is 29.6 Å². The molecular formula is C24H15F6N5O2S. The fraction of sp³-hybridized carbons (Fsp3) is 0.167. The summed E-state index contributed by atoms with van der Waals surface area (Å²) < 4.78 is 80.0. The van der Waals surface area contributed by atoms with Gasteiger partial charge in [0.1, 0.15) is 26.7 Å². The second-order valence-electron chi connectivity index (χ2n) is 8.21. The number of pyridine rings is 2. The third-order valence-corrected chi connectivity index (χ3v) is 6.56. The molecule has 0 atom stereocenters. The van der Waals surface area contributed by atoms with E-state index in [4.69, 9.17) is 0 Å². The number of aliphatic hydroxyl groups excluding tert-OH is 1. The Balaban J connectivity index is 1.53. The molecule has 0 bridgehead atoms. The van der Waals surface area contributed by atoms with Gasteiger partial charge in [0, 0.05) is 18.1 Å². The fourth-order valence-electron chi connectivity index (χ4n) is 3.83. The monoisotopic (exact) mass is 551 g/mol. The second-order valence-corrected chi connectivity index (χ2v) is 9.28. The molecule has 0 fully saturated rings. The Morgan fingerprint density at radius 1 is 0.947 bits per heavy atom. The minimum atomic E-state index is -4.67. The largest absolute Gasteiger partial charge is 0.417 e. The summed E-state index contributed by atoms with van der Waals surface area (Å²) in [7, 11) is 0. The Bertz CT molecular complexity index is 1660. The number of fused-ring (bicyclic) bond motifs is 2. The Labute approximate surface area is 213 Å². The van der Waals surface area contributed by atoms with Crippen LogP contribution in [0.3, 0.4) is 0 Å². The highest BCUT2D eigenvalue weighted by atomic mass is 32.1. The minimum Gasteiger partial charge on any atom is -0.389 e. The SMILES string of the molecule is O=C(Nc1cnc2sc(CO)nc2c1)c1cc2cc(C(F)(F)F)cnc2n1Cc1ccc(C(F)(F)F)cc1. The zero-order valence-corrected chi connectivity index (χ0v) is 19.7. The van der Waals surface area contributed by atoms with Gasteiger partial charge >= 0.3 is 12.4 Å². The molecule has 0 spiro atoms. The Morgan fingerprint density at radius 3 is 2.32 bits per heavy atom. The number of hydrogen-bond acceptors (Lipinski definition) is 6. The maximum Gasteiger partial charge on any atom is 0.417 e. The molecule has 5 aromatic rings. The number of halogens is 6. The molecule has 5 rings (SSSR count). The Hall–Kier alpha value is -4.04. The van der Waals surface area contributed by atoms with E-state index in [1.807, 2.05) is 0 Å². The molecule has 2 N–H and O–H groups in total. The van der Waals surface area contributed by atoms with E-state index in [1.165, 1.54) is 46.4 Å². The van der Waals surface area contributed by atoms with Crippen molar-refractivity contribution in [2.24, 2.45) is 0 Å². The standard InChI is InChI=1S/C24H15F6N5O2S/c25-23(26,27)14-3-1-12(2-4-14)10-35-18(6-13-5-15(24(28,29)30)8-31-20(13)35)21(37)33-16-7-17-22(32-9-16)38-19(11-36)34-17/h1-9,36H,10-11H2,(H,33,37). The number of hydrogen-bond donors (Lipinski definition) is 2. The van der Waals surface area contributed by atoms with Crippen LogP contribution in [0.4, 0.5) is 32.0 Å². The molecular weight excluding hydrogens is 536 g/mol. The number of aliphatic hydroxyl groups is 1. The zero-order valence-electron chi connectivity index (χ0n) is 18.9. The quantitative estimate of drug-likeness (QED) is 0.267. The summed E-state index contributed by atoms with van der Waals surface area (Å²) in [6, 6.07) is 7.81. The van der Waals surface area contributed by atoms with Crippen molar-refractivity contribution in [3.8, 4) is 0 Å². The van der Waals surface area contributed by atoms with Crippen LogP contribution in [0.2, 0.25) is 0 Å². The number of alkyl halides is 6. The highest BCUT2D eigenvalue weighted by molar-refractivity contribution is 7.18. The van der Waals surface area contributed by atoms with E-state index >= 15 is 0 Å². The average Bonchev–Trinajstić information content (AvgIpc) is 3.44. The molecule has 0 aliphatic carbocycles. The molecule has 196 valence electrons. The van der Waals surface area contributed by atoms with Gasteiger partial charge in [-0.05, 0) is 35.9 Å². The van der Waals surface area contributed by atoms with Crippen molar-refractivity contribution >= 4 is 44.3 Å². The molecule has 1 amide bonds. The first-order chi connectivity index (χ1) is 17.9. The molecule has 38 heavy (non-hydrogen) atoms. The molecule has 0 radical (unpaired) electrons. The van der Waals surface area contributed by atoms with Crippen molar-refractivity contribution in [3.05, 3.63) is 82.3 Å². The Kier molecular flexibility index (Phi) is 6.31. The summed E-state index contributed by atoms with van der Waals surface area (Å²) in [4.78, 5) is 26.1. The number of thiazole rings is 1. The van der Waals surface area contributed by atoms with E-state index in [1.54, 1.807) is 0 Å². The molecule has 0 aliphatic rings. The lowest BCUT2D eigenvalue weighted by Crippen LogP contribution is -2.18. The van der Waals surface area contributed by atoms with Crippen molar-refractivity contribution in [2.75, 3.05) is 5.32 Å². The van der Waals surface area contributed by atoms with Crippen molar-refractivity contribution in [1.82, 2.24) is 19.5 Å². The number of nitrogens with zero attached hydrogens (tertiary/aromatic N) is 4. The number of rotatable bonds is 5. The molecule has 4 heterocycles. The molecule has 0 unspecified atom stereocenters. The van der Waals surface area contributed by atoms with Crippen LogP contribution in [-0.2, 0) is 25.5 Å². The summed E-state index contributed by atoms with van der Waals surface area (Å²) in [6.45, 7) is -0.411. The summed E-state index contributed by atoms with van der Waals surface area (Å²) >= 11 is 1.17. The van der Waals surface area contributed by atoms with Crippen molar-refractivity contribution < 1.29 is 36.2 Å². The number of nitrogens with one attached hydrogen (secondary N) is 1. The predicted molar refractivity (Wildman–Crippen MR) is 127 cm³/mol. The lowest BCUT2D eigenvalue weighted by Gasteiger charge is -2.12. The third kappa shape index (κ3) is 5.04. The maximum absolute atomic E-state index is 13.3. The van der Waals surface area contributed by atoms with E-state index in [0.717, 1.165) is 18.2 Å². The molecule has 7 nitrogen and oxygen atoms in total. The predicted octanol–water partition coefficient (Wildman–Crippen LogP) is 5.87. The van der Waals surface area contributed by atoms with Gasteiger partial charge in [0.2, 0.25) is 0 Å². The third-order valence-electron chi connectivity index (χ3n) is 5.60. The molecule has 1 aromatic carbocycles. The van der Waals surface area contributed by atoms with Crippen LogP contribution in [-0.4, -0.2) is 30.5 Å². The fourth-order valence-corrected chi connectivity index (χ4v) is 4.58. The molecule has 0 saturated heterocycles. The summed E-state index contributed by atoms with van der Waals surface area (Å²) in [5.74, 6) is -0.706. The van der Waals surface area contributed by atoms with Gasteiger partial charge in [-0.15, -0.1) is 0 Å². The Morgan fingerprint density at radius 2 is 1.66 bits per heavy atom. The minimum absolute atomic E-state index is 0.0255. The lowest BCUT2D eigenvalue weighted by atomic mass is 10.1. The molecule has 14 heteroatoms. The first-order valence-electron chi connectivity index (χ1n) is 10.8. The smallest absolute Gasteiger partial charge is 0.389 e. The summed E-state index contributed by atoms with van der Waals surface area (Å²) in [5.41, 5.74) is -0.857. The van der Waals surface area contributed by atoms with Gasteiger partial charge in [-0.25, -0.2) is 15.0 Å². The molecule has 0 aliphatic heterocycles. The normalized spacial score (nSPS) is 12.4. The molecule has 0 saturated carbocycles. The zero-order chi connectivity index (χ0) is 27.2. The van der Waals surface area contributed by atoms with E-state index in [-0.39, 0.29) is 35.6 Å². The van der Waals surface area contributed by atoms with Crippen LogP contribution in [0.5, 0.6) is 0 Å². The number of anilines is 1. The number of carbonyl (C=O) groups is 1. The van der Waals surface area contributed by atoms with Gasteiger partial charge in [-0.2, -0.15) is 26.3 Å². The topological polar surface area (TPSA) is 92.9 Å². The van der Waals surface area contributed by atoms with E-state index in [9.17, 15) is 36.2 Å². The highest BCUT2D eigenvalue weighted by Crippen LogP contribution is 2.33. The van der Waals surface area contributed by atoms with Crippen molar-refractivity contribution in [1.29, 1.82) is 0 Å². The maximum atomic E-state index is 13.3. The lowest BCUT2D eigenvalue weighted by molar-refractivity contribution is -0.138. The summed E-state index contributed by atoms with van der Waals surface area (Å²) in [5, 5.41) is 12.3.